The fourth-order valence-corrected chi connectivity index (χ4v) is 3.58. The Hall–Kier alpha value is -0.770. The van der Waals surface area contributed by atoms with Crippen LogP contribution in [0.2, 0.25) is 5.02 Å². The fraction of sp³-hybridized carbons (Fsp3) is 0.684. The van der Waals surface area contributed by atoms with E-state index < -0.39 is 5.60 Å². The van der Waals surface area contributed by atoms with Gasteiger partial charge in [-0.2, -0.15) is 0 Å². The van der Waals surface area contributed by atoms with E-state index in [0.29, 0.717) is 12.1 Å². The van der Waals surface area contributed by atoms with Crippen LogP contribution in [0, 0.1) is 0 Å². The first-order chi connectivity index (χ1) is 10.8. The van der Waals surface area contributed by atoms with Gasteiger partial charge in [0.15, 0.2) is 0 Å². The van der Waals surface area contributed by atoms with Crippen LogP contribution >= 0.6 is 11.6 Å². The summed E-state index contributed by atoms with van der Waals surface area (Å²) in [5, 5.41) is 14.4. The molecule has 0 saturated carbocycles. The summed E-state index contributed by atoms with van der Waals surface area (Å²) in [6.07, 6.45) is 5.36. The molecule has 0 aromatic heterocycles. The third kappa shape index (κ3) is 6.33. The zero-order valence-electron chi connectivity index (χ0n) is 14.7. The molecular weight excluding hydrogens is 308 g/mol. The smallest absolute Gasteiger partial charge is 0.0639 e. The first-order valence-electron chi connectivity index (χ1n) is 8.83. The second kappa shape index (κ2) is 8.36. The number of nitrogens with one attached hydrogen (secondary N) is 1. The Balaban J connectivity index is 1.71. The van der Waals surface area contributed by atoms with Crippen LogP contribution in [0.4, 0.5) is 5.69 Å². The van der Waals surface area contributed by atoms with Gasteiger partial charge in [-0.25, -0.2) is 0 Å². The van der Waals surface area contributed by atoms with E-state index in [1.165, 1.54) is 0 Å². The van der Waals surface area contributed by atoms with Crippen LogP contribution < -0.4 is 10.2 Å². The van der Waals surface area contributed by atoms with E-state index in [9.17, 15) is 5.11 Å². The van der Waals surface area contributed by atoms with E-state index in [1.807, 2.05) is 26.0 Å². The maximum Gasteiger partial charge on any atom is 0.0639 e. The monoisotopic (exact) mass is 338 g/mol. The van der Waals surface area contributed by atoms with Crippen LogP contribution in [0.1, 0.15) is 52.9 Å². The Bertz CT molecular complexity index is 479. The van der Waals surface area contributed by atoms with E-state index in [1.54, 1.807) is 0 Å². The topological polar surface area (TPSA) is 35.5 Å². The zero-order valence-corrected chi connectivity index (χ0v) is 15.4. The Morgan fingerprint density at radius 3 is 2.57 bits per heavy atom. The Labute approximate surface area is 146 Å². The van der Waals surface area contributed by atoms with Crippen molar-refractivity contribution in [1.82, 2.24) is 5.32 Å². The normalized spacial score (nSPS) is 18.2. The molecule has 1 aliphatic heterocycles. The van der Waals surface area contributed by atoms with Crippen molar-refractivity contribution in [1.29, 1.82) is 0 Å². The standard InChI is InChI=1S/C19H31ClN2O/c1-15(7-6-12-19(2,3)23)21-16-10-13-22(14-11-16)18-9-5-4-8-17(18)20/h4-5,8-9,15-16,21,23H,6-7,10-14H2,1-3H3. The minimum atomic E-state index is -0.542. The number of rotatable bonds is 7. The SMILES string of the molecule is CC(CCCC(C)(C)O)NC1CCN(c2ccccc2Cl)CC1. The Morgan fingerprint density at radius 2 is 1.96 bits per heavy atom. The summed E-state index contributed by atoms with van der Waals surface area (Å²) in [6.45, 7) is 8.13. The molecule has 0 aliphatic carbocycles. The van der Waals surface area contributed by atoms with Crippen LogP contribution in [0.25, 0.3) is 0 Å². The lowest BCUT2D eigenvalue weighted by Crippen LogP contribution is -2.45. The van der Waals surface area contributed by atoms with Gasteiger partial charge < -0.3 is 15.3 Å². The van der Waals surface area contributed by atoms with E-state index in [0.717, 1.165) is 55.9 Å². The average molecular weight is 339 g/mol. The van der Waals surface area contributed by atoms with Gasteiger partial charge in [-0.05, 0) is 65.0 Å². The molecule has 2 rings (SSSR count). The zero-order chi connectivity index (χ0) is 16.9. The third-order valence-electron chi connectivity index (χ3n) is 4.63. The van der Waals surface area contributed by atoms with Gasteiger partial charge >= 0.3 is 0 Å². The number of nitrogens with zero attached hydrogens (tertiary/aromatic N) is 1. The number of para-hydroxylation sites is 1. The third-order valence-corrected chi connectivity index (χ3v) is 4.95. The molecule has 1 atom stereocenters. The molecule has 0 radical (unpaired) electrons. The van der Waals surface area contributed by atoms with Crippen molar-refractivity contribution in [3.63, 3.8) is 0 Å². The number of hydrogen-bond donors (Lipinski definition) is 2. The lowest BCUT2D eigenvalue weighted by Gasteiger charge is -2.35. The van der Waals surface area contributed by atoms with Crippen molar-refractivity contribution in [2.75, 3.05) is 18.0 Å². The lowest BCUT2D eigenvalue weighted by molar-refractivity contribution is 0.0673. The van der Waals surface area contributed by atoms with Gasteiger partial charge in [0.25, 0.3) is 0 Å². The molecule has 130 valence electrons. The van der Waals surface area contributed by atoms with Gasteiger partial charge in [0.2, 0.25) is 0 Å². The van der Waals surface area contributed by atoms with Crippen molar-refractivity contribution in [3.8, 4) is 0 Å². The number of halogens is 1. The second-order valence-electron chi connectivity index (χ2n) is 7.49. The van der Waals surface area contributed by atoms with Gasteiger partial charge in [0.05, 0.1) is 16.3 Å². The predicted octanol–water partition coefficient (Wildman–Crippen LogP) is 4.23. The van der Waals surface area contributed by atoms with E-state index in [2.05, 4.69) is 29.3 Å². The molecule has 0 bridgehead atoms. The van der Waals surface area contributed by atoms with Gasteiger partial charge in [0, 0.05) is 25.2 Å². The highest BCUT2D eigenvalue weighted by Gasteiger charge is 2.22. The molecule has 1 aliphatic rings. The molecule has 0 spiro atoms. The molecule has 1 aromatic carbocycles. The molecule has 1 fully saturated rings. The molecule has 1 heterocycles. The summed E-state index contributed by atoms with van der Waals surface area (Å²) in [5.74, 6) is 0. The van der Waals surface area contributed by atoms with Crippen LogP contribution in [-0.2, 0) is 0 Å². The number of piperidine rings is 1. The molecule has 3 nitrogen and oxygen atoms in total. The largest absolute Gasteiger partial charge is 0.390 e. The Morgan fingerprint density at radius 1 is 1.30 bits per heavy atom. The number of hydrogen-bond acceptors (Lipinski definition) is 3. The highest BCUT2D eigenvalue weighted by atomic mass is 35.5. The fourth-order valence-electron chi connectivity index (χ4n) is 3.32. The van der Waals surface area contributed by atoms with Crippen molar-refractivity contribution in [2.45, 2.75) is 70.6 Å². The summed E-state index contributed by atoms with van der Waals surface area (Å²) in [7, 11) is 0. The summed E-state index contributed by atoms with van der Waals surface area (Å²) >= 11 is 6.29. The van der Waals surface area contributed by atoms with Crippen LogP contribution in [0.15, 0.2) is 24.3 Å². The minimum Gasteiger partial charge on any atom is -0.390 e. The lowest BCUT2D eigenvalue weighted by atomic mass is 9.98. The summed E-state index contributed by atoms with van der Waals surface area (Å²) < 4.78 is 0. The molecule has 1 unspecified atom stereocenters. The van der Waals surface area contributed by atoms with E-state index in [-0.39, 0.29) is 0 Å². The molecule has 23 heavy (non-hydrogen) atoms. The molecule has 0 amide bonds. The van der Waals surface area contributed by atoms with Gasteiger partial charge in [-0.3, -0.25) is 0 Å². The van der Waals surface area contributed by atoms with Gasteiger partial charge in [-0.15, -0.1) is 0 Å². The Kier molecular flexibility index (Phi) is 6.75. The predicted molar refractivity (Wildman–Crippen MR) is 99.4 cm³/mol. The second-order valence-corrected chi connectivity index (χ2v) is 7.89. The number of benzene rings is 1. The van der Waals surface area contributed by atoms with Gasteiger partial charge in [0.1, 0.15) is 0 Å². The van der Waals surface area contributed by atoms with Crippen molar-refractivity contribution in [2.24, 2.45) is 0 Å². The number of aliphatic hydroxyl groups is 1. The van der Waals surface area contributed by atoms with Crippen molar-refractivity contribution in [3.05, 3.63) is 29.3 Å². The van der Waals surface area contributed by atoms with E-state index in [4.69, 9.17) is 11.6 Å². The highest BCUT2D eigenvalue weighted by Crippen LogP contribution is 2.28. The van der Waals surface area contributed by atoms with Crippen LogP contribution in [0.3, 0.4) is 0 Å². The van der Waals surface area contributed by atoms with E-state index >= 15 is 0 Å². The first kappa shape index (κ1) is 18.6. The van der Waals surface area contributed by atoms with Crippen molar-refractivity contribution < 1.29 is 5.11 Å². The molecule has 2 N–H and O–H groups in total. The van der Waals surface area contributed by atoms with Crippen LogP contribution in [0.5, 0.6) is 0 Å². The molecule has 1 saturated heterocycles. The molecular formula is C19H31ClN2O. The number of anilines is 1. The van der Waals surface area contributed by atoms with Crippen LogP contribution in [-0.4, -0.2) is 35.9 Å². The molecule has 1 aromatic rings. The average Bonchev–Trinajstić information content (AvgIpc) is 2.47. The molecule has 4 heteroatoms. The highest BCUT2D eigenvalue weighted by molar-refractivity contribution is 6.33. The maximum absolute atomic E-state index is 9.78. The summed E-state index contributed by atoms with van der Waals surface area (Å²) in [4.78, 5) is 2.39. The summed E-state index contributed by atoms with van der Waals surface area (Å²) in [5.41, 5.74) is 0.617. The maximum atomic E-state index is 9.78. The quantitative estimate of drug-likeness (QED) is 0.781. The van der Waals surface area contributed by atoms with Crippen molar-refractivity contribution >= 4 is 17.3 Å². The minimum absolute atomic E-state index is 0.509. The summed E-state index contributed by atoms with van der Waals surface area (Å²) in [6, 6.07) is 9.20. The van der Waals surface area contributed by atoms with Gasteiger partial charge in [-0.1, -0.05) is 23.7 Å². The first-order valence-corrected chi connectivity index (χ1v) is 9.21.